The summed E-state index contributed by atoms with van der Waals surface area (Å²) in [5, 5.41) is 0. The number of hydrogen-bond donors (Lipinski definition) is 2. The predicted molar refractivity (Wildman–Crippen MR) is 114 cm³/mol. The number of nitrogens with zero attached hydrogens (tertiary/aromatic N) is 1. The van der Waals surface area contributed by atoms with Gasteiger partial charge in [-0.25, -0.2) is 17.9 Å². The lowest BCUT2D eigenvalue weighted by molar-refractivity contribution is 0.0744. The lowest BCUT2D eigenvalue weighted by Gasteiger charge is -2.16. The summed E-state index contributed by atoms with van der Waals surface area (Å²) in [4.78, 5) is 24.7. The molecule has 0 unspecified atom stereocenters. The van der Waals surface area contributed by atoms with E-state index in [0.29, 0.717) is 18.3 Å². The molecule has 10 heteroatoms. The third-order valence-electron chi connectivity index (χ3n) is 4.13. The van der Waals surface area contributed by atoms with Crippen molar-refractivity contribution in [2.45, 2.75) is 40.0 Å². The number of benzene rings is 1. The molecule has 166 valence electrons. The highest BCUT2D eigenvalue weighted by Gasteiger charge is 2.16. The van der Waals surface area contributed by atoms with E-state index in [4.69, 9.17) is 9.47 Å². The van der Waals surface area contributed by atoms with Gasteiger partial charge >= 0.3 is 5.69 Å². The van der Waals surface area contributed by atoms with Crippen LogP contribution >= 0.6 is 0 Å². The summed E-state index contributed by atoms with van der Waals surface area (Å²) in [6.07, 6.45) is 1.58. The van der Waals surface area contributed by atoms with Crippen LogP contribution in [0.2, 0.25) is 0 Å². The van der Waals surface area contributed by atoms with Crippen LogP contribution < -0.4 is 20.7 Å². The van der Waals surface area contributed by atoms with Crippen LogP contribution in [0, 0.1) is 5.92 Å². The predicted octanol–water partition coefficient (Wildman–Crippen LogP) is 1.62. The van der Waals surface area contributed by atoms with Crippen LogP contribution in [0.1, 0.15) is 38.8 Å². The average molecular weight is 440 g/mol. The molecule has 1 heterocycles. The number of hydrogen-bond acceptors (Lipinski definition) is 6. The summed E-state index contributed by atoms with van der Waals surface area (Å²) in [5.74, 6) is 0.995. The Morgan fingerprint density at radius 3 is 2.63 bits per heavy atom. The van der Waals surface area contributed by atoms with E-state index in [2.05, 4.69) is 23.6 Å². The third kappa shape index (κ3) is 8.13. The van der Waals surface area contributed by atoms with E-state index in [1.54, 1.807) is 6.92 Å². The second-order valence-corrected chi connectivity index (χ2v) is 9.28. The van der Waals surface area contributed by atoms with Crippen LogP contribution in [0.5, 0.6) is 5.75 Å². The molecule has 2 rings (SSSR count). The molecule has 0 amide bonds. The molecule has 0 fully saturated rings. The van der Waals surface area contributed by atoms with Crippen molar-refractivity contribution in [3.63, 3.8) is 0 Å². The Morgan fingerprint density at radius 2 is 1.93 bits per heavy atom. The zero-order valence-electron chi connectivity index (χ0n) is 17.5. The van der Waals surface area contributed by atoms with E-state index < -0.39 is 27.3 Å². The van der Waals surface area contributed by atoms with Crippen molar-refractivity contribution in [1.82, 2.24) is 14.3 Å². The second-order valence-electron chi connectivity index (χ2n) is 7.41. The highest BCUT2D eigenvalue weighted by atomic mass is 32.2. The van der Waals surface area contributed by atoms with Crippen LogP contribution in [-0.2, 0) is 21.5 Å². The molecule has 2 N–H and O–H groups in total. The van der Waals surface area contributed by atoms with Gasteiger partial charge in [0.1, 0.15) is 12.5 Å². The Labute approximate surface area is 176 Å². The summed E-state index contributed by atoms with van der Waals surface area (Å²) in [6, 6.07) is 8.17. The number of aromatic nitrogens is 2. The summed E-state index contributed by atoms with van der Waals surface area (Å²) in [7, 11) is -3.51. The fourth-order valence-corrected chi connectivity index (χ4v) is 3.88. The van der Waals surface area contributed by atoms with Gasteiger partial charge in [-0.2, -0.15) is 0 Å². The van der Waals surface area contributed by atoms with E-state index >= 15 is 0 Å². The summed E-state index contributed by atoms with van der Waals surface area (Å²) < 4.78 is 39.5. The number of rotatable bonds is 12. The topological polar surface area (TPSA) is 119 Å². The van der Waals surface area contributed by atoms with Gasteiger partial charge in [-0.15, -0.1) is 0 Å². The summed E-state index contributed by atoms with van der Waals surface area (Å²) >= 11 is 0. The quantitative estimate of drug-likeness (QED) is 0.485. The smallest absolute Gasteiger partial charge is 0.330 e. The minimum atomic E-state index is -3.51. The van der Waals surface area contributed by atoms with E-state index in [1.165, 1.54) is 16.8 Å². The molecule has 0 radical (unpaired) electrons. The standard InChI is InChI=1S/C20H29N3O6S/c1-15(2)13-29-18-7-4-6-17(12-18)16(3)22-30(26,27)11-5-10-28-14-23-9-8-19(24)21-20(23)25/h4,6-9,12,15-16,22H,5,10-11,13-14H2,1-3H3,(H,21,24,25)/t16-/m1/s1. The van der Waals surface area contributed by atoms with Gasteiger partial charge in [0.05, 0.1) is 12.4 Å². The molecular formula is C20H29N3O6S. The molecule has 0 saturated carbocycles. The first-order chi connectivity index (χ1) is 14.2. The number of ether oxygens (including phenoxy) is 2. The molecule has 1 atom stereocenters. The second kappa shape index (κ2) is 11.1. The maximum Gasteiger partial charge on any atom is 0.330 e. The molecule has 0 spiro atoms. The van der Waals surface area contributed by atoms with Crippen molar-refractivity contribution in [2.75, 3.05) is 19.0 Å². The summed E-state index contributed by atoms with van der Waals surface area (Å²) in [5.41, 5.74) is -0.252. The monoisotopic (exact) mass is 439 g/mol. The zero-order chi connectivity index (χ0) is 22.1. The van der Waals surface area contributed by atoms with Gasteiger partial charge in [0.25, 0.3) is 5.56 Å². The Morgan fingerprint density at radius 1 is 1.17 bits per heavy atom. The molecule has 30 heavy (non-hydrogen) atoms. The fourth-order valence-electron chi connectivity index (χ4n) is 2.59. The van der Waals surface area contributed by atoms with Crippen molar-refractivity contribution in [3.8, 4) is 5.75 Å². The number of nitrogens with one attached hydrogen (secondary N) is 2. The van der Waals surface area contributed by atoms with Gasteiger partial charge in [0, 0.05) is 24.9 Å². The highest BCUT2D eigenvalue weighted by Crippen LogP contribution is 2.20. The lowest BCUT2D eigenvalue weighted by atomic mass is 10.1. The van der Waals surface area contributed by atoms with E-state index in [-0.39, 0.29) is 25.5 Å². The van der Waals surface area contributed by atoms with E-state index in [9.17, 15) is 18.0 Å². The van der Waals surface area contributed by atoms with E-state index in [0.717, 1.165) is 5.56 Å². The molecule has 9 nitrogen and oxygen atoms in total. The first-order valence-corrected chi connectivity index (χ1v) is 11.4. The van der Waals surface area contributed by atoms with Crippen molar-refractivity contribution in [3.05, 3.63) is 62.9 Å². The number of H-pyrrole nitrogens is 1. The van der Waals surface area contributed by atoms with Crippen LogP contribution in [-0.4, -0.2) is 36.9 Å². The van der Waals surface area contributed by atoms with Gasteiger partial charge in [-0.05, 0) is 37.0 Å². The van der Waals surface area contributed by atoms with Crippen LogP contribution in [0.25, 0.3) is 0 Å². The minimum Gasteiger partial charge on any atom is -0.493 e. The SMILES string of the molecule is CC(C)COc1cccc([C@@H](C)NS(=O)(=O)CCCOCn2ccc(=O)[nH]c2=O)c1. The summed E-state index contributed by atoms with van der Waals surface area (Å²) in [6.45, 7) is 6.57. The van der Waals surface area contributed by atoms with Gasteiger partial charge in [-0.1, -0.05) is 26.0 Å². The Kier molecular flexibility index (Phi) is 8.82. The molecule has 0 aliphatic rings. The van der Waals surface area contributed by atoms with E-state index in [1.807, 2.05) is 24.3 Å². The first kappa shape index (κ1) is 23.8. The van der Waals surface area contributed by atoms with Crippen molar-refractivity contribution in [2.24, 2.45) is 5.92 Å². The normalized spacial score (nSPS) is 12.8. The largest absolute Gasteiger partial charge is 0.493 e. The Balaban J connectivity index is 1.79. The molecule has 1 aromatic carbocycles. The van der Waals surface area contributed by atoms with Gasteiger partial charge in [0.2, 0.25) is 10.0 Å². The maximum absolute atomic E-state index is 12.3. The fraction of sp³-hybridized carbons (Fsp3) is 0.500. The van der Waals surface area contributed by atoms with Gasteiger partial charge in [0.15, 0.2) is 0 Å². The van der Waals surface area contributed by atoms with Crippen LogP contribution in [0.4, 0.5) is 0 Å². The van der Waals surface area contributed by atoms with Crippen LogP contribution in [0.3, 0.4) is 0 Å². The van der Waals surface area contributed by atoms with Gasteiger partial charge < -0.3 is 9.47 Å². The zero-order valence-corrected chi connectivity index (χ0v) is 18.3. The molecule has 0 aliphatic carbocycles. The Bertz CT molecular complexity index is 1030. The molecular weight excluding hydrogens is 410 g/mol. The molecule has 0 bridgehead atoms. The van der Waals surface area contributed by atoms with Crippen molar-refractivity contribution < 1.29 is 17.9 Å². The van der Waals surface area contributed by atoms with Crippen LogP contribution in [0.15, 0.2) is 46.1 Å². The van der Waals surface area contributed by atoms with Gasteiger partial charge in [-0.3, -0.25) is 14.3 Å². The maximum atomic E-state index is 12.3. The number of aromatic amines is 1. The highest BCUT2D eigenvalue weighted by molar-refractivity contribution is 7.89. The molecule has 0 aliphatic heterocycles. The Hall–Kier alpha value is -2.43. The average Bonchev–Trinajstić information content (AvgIpc) is 2.67. The minimum absolute atomic E-state index is 0.0668. The third-order valence-corrected chi connectivity index (χ3v) is 5.67. The van der Waals surface area contributed by atoms with Crippen molar-refractivity contribution in [1.29, 1.82) is 0 Å². The molecule has 1 aromatic heterocycles. The molecule has 0 saturated heterocycles. The van der Waals surface area contributed by atoms with Crippen molar-refractivity contribution >= 4 is 10.0 Å². The lowest BCUT2D eigenvalue weighted by Crippen LogP contribution is -2.30. The number of sulfonamides is 1. The molecule has 2 aromatic rings. The first-order valence-electron chi connectivity index (χ1n) is 9.76.